The van der Waals surface area contributed by atoms with Gasteiger partial charge in [0, 0.05) is 48.7 Å². The maximum absolute atomic E-state index is 13.5. The first-order valence-electron chi connectivity index (χ1n) is 19.1. The molecule has 3 rings (SSSR count). The summed E-state index contributed by atoms with van der Waals surface area (Å²) >= 11 is 0. The number of carbonyl (C=O) groups excluding carboxylic acids is 2. The van der Waals surface area contributed by atoms with Gasteiger partial charge in [-0.2, -0.15) is 0 Å². The van der Waals surface area contributed by atoms with Crippen molar-refractivity contribution in [3.8, 4) is 0 Å². The van der Waals surface area contributed by atoms with Crippen molar-refractivity contribution in [3.63, 3.8) is 0 Å². The zero-order valence-electron chi connectivity index (χ0n) is 30.0. The highest BCUT2D eigenvalue weighted by Gasteiger charge is 2.41. The summed E-state index contributed by atoms with van der Waals surface area (Å²) in [6.07, 6.45) is 25.5. The highest BCUT2D eigenvalue weighted by molar-refractivity contribution is 6.40. The molecule has 0 aliphatic heterocycles. The van der Waals surface area contributed by atoms with Gasteiger partial charge in [-0.05, 0) is 37.5 Å². The minimum atomic E-state index is -0.581. The summed E-state index contributed by atoms with van der Waals surface area (Å²) in [4.78, 5) is 27.7. The van der Waals surface area contributed by atoms with Gasteiger partial charge in [0.1, 0.15) is 17.3 Å². The van der Waals surface area contributed by atoms with E-state index in [2.05, 4.69) is 43.1 Å². The van der Waals surface area contributed by atoms with E-state index in [-0.39, 0.29) is 22.5 Å². The molecule has 0 fully saturated rings. The van der Waals surface area contributed by atoms with Gasteiger partial charge in [0.25, 0.3) is 0 Å². The number of rotatable bonds is 25. The van der Waals surface area contributed by atoms with Gasteiger partial charge in [-0.25, -0.2) is 0 Å². The summed E-state index contributed by atoms with van der Waals surface area (Å²) in [6, 6.07) is 6.07. The highest BCUT2D eigenvalue weighted by Crippen LogP contribution is 2.44. The molecule has 1 aromatic carbocycles. The van der Waals surface area contributed by atoms with E-state index in [1.165, 1.54) is 89.9 Å². The number of unbranched alkanes of at least 4 members (excludes halogenated alkanes) is 16. The molecule has 0 heterocycles. The van der Waals surface area contributed by atoms with Crippen LogP contribution >= 0.6 is 0 Å². The number of nitrogens with zero attached hydrogens (tertiary/aromatic N) is 1. The monoisotopic (exact) mass is 662 g/mol. The molecule has 2 aliphatic rings. The van der Waals surface area contributed by atoms with E-state index < -0.39 is 23.1 Å². The van der Waals surface area contributed by atoms with Crippen LogP contribution in [-0.2, 0) is 9.59 Å². The fraction of sp³-hybridized carbons (Fsp3) is 0.610. The van der Waals surface area contributed by atoms with Crippen LogP contribution in [0.3, 0.4) is 0 Å². The standard InChI is InChI=1S/C41H62N2O5/c1-4-7-10-12-14-16-18-21-26-43(27-22-19-17-15-13-11-8-5-2)31-23-24-33(34(28-31)42-25-20-9-6-3)37-40(47)39(41(37)48)38-35(45)29-32(44)30-36(38)46/h23-24,28-30,42,45-47H,4-22,25-27H2,1-3H3. The Balaban J connectivity index is 1.82. The van der Waals surface area contributed by atoms with E-state index in [1.54, 1.807) is 0 Å². The second-order valence-corrected chi connectivity index (χ2v) is 13.6. The average Bonchev–Trinajstić information content (AvgIpc) is 3.06. The first-order valence-corrected chi connectivity index (χ1v) is 19.1. The molecule has 2 aliphatic carbocycles. The van der Waals surface area contributed by atoms with Crippen LogP contribution in [0.4, 0.5) is 11.4 Å². The topological polar surface area (TPSA) is 110 Å². The number of hydrogen-bond acceptors (Lipinski definition) is 7. The number of aliphatic hydroxyl groups excluding tert-OH is 3. The molecule has 0 bridgehead atoms. The predicted octanol–water partition coefficient (Wildman–Crippen LogP) is 11.0. The Bertz CT molecular complexity index is 1280. The molecule has 0 atom stereocenters. The predicted molar refractivity (Wildman–Crippen MR) is 200 cm³/mol. The SMILES string of the molecule is CCCCCCCCCCN(CCCCCCCCCC)c1ccc(C2=C(O)C(=C3C(O)=CC(=O)C=C3O)C2=O)c(NCCCCC)c1. The van der Waals surface area contributed by atoms with Crippen molar-refractivity contribution in [2.24, 2.45) is 0 Å². The minimum Gasteiger partial charge on any atom is -0.507 e. The Hall–Kier alpha value is -3.48. The van der Waals surface area contributed by atoms with Crippen LogP contribution in [0.1, 0.15) is 148 Å². The fourth-order valence-electron chi connectivity index (χ4n) is 6.66. The molecule has 7 nitrogen and oxygen atoms in total. The molecule has 0 unspecified atom stereocenters. The van der Waals surface area contributed by atoms with E-state index in [0.29, 0.717) is 5.56 Å². The van der Waals surface area contributed by atoms with Crippen LogP contribution in [0.5, 0.6) is 0 Å². The first kappa shape index (κ1) is 39.0. The number of allylic oxidation sites excluding steroid dienone is 4. The van der Waals surface area contributed by atoms with Gasteiger partial charge in [0.05, 0.1) is 16.7 Å². The van der Waals surface area contributed by atoms with Crippen molar-refractivity contribution >= 4 is 28.5 Å². The Morgan fingerprint density at radius 3 is 1.56 bits per heavy atom. The van der Waals surface area contributed by atoms with Gasteiger partial charge in [-0.15, -0.1) is 0 Å². The molecule has 266 valence electrons. The third kappa shape index (κ3) is 11.6. The number of benzene rings is 1. The highest BCUT2D eigenvalue weighted by atomic mass is 16.3. The lowest BCUT2D eigenvalue weighted by atomic mass is 9.78. The molecule has 48 heavy (non-hydrogen) atoms. The summed E-state index contributed by atoms with van der Waals surface area (Å²) in [5, 5.41) is 35.4. The third-order valence-electron chi connectivity index (χ3n) is 9.54. The lowest BCUT2D eigenvalue weighted by Gasteiger charge is -2.29. The van der Waals surface area contributed by atoms with Gasteiger partial charge in [0.2, 0.25) is 5.78 Å². The fourth-order valence-corrected chi connectivity index (χ4v) is 6.66. The summed E-state index contributed by atoms with van der Waals surface area (Å²) in [5.74, 6) is -2.40. The van der Waals surface area contributed by atoms with Gasteiger partial charge in [0.15, 0.2) is 5.78 Å². The van der Waals surface area contributed by atoms with Crippen LogP contribution in [-0.4, -0.2) is 46.5 Å². The van der Waals surface area contributed by atoms with Crippen LogP contribution in [0.25, 0.3) is 5.57 Å². The Morgan fingerprint density at radius 2 is 1.06 bits per heavy atom. The number of Topliss-reactive ketones (excluding diaryl/α,β-unsaturated/α-hetero) is 1. The molecule has 0 amide bonds. The normalized spacial score (nSPS) is 14.7. The quantitative estimate of drug-likeness (QED) is 0.0609. The number of hydrogen-bond donors (Lipinski definition) is 4. The summed E-state index contributed by atoms with van der Waals surface area (Å²) in [5.41, 5.74) is 2.26. The maximum atomic E-state index is 13.5. The second kappa shape index (κ2) is 21.5. The first-order chi connectivity index (χ1) is 23.3. The van der Waals surface area contributed by atoms with Gasteiger partial charge < -0.3 is 25.5 Å². The number of ketones is 2. The smallest absolute Gasteiger partial charge is 0.202 e. The molecule has 0 radical (unpaired) electrons. The second-order valence-electron chi connectivity index (χ2n) is 13.6. The maximum Gasteiger partial charge on any atom is 0.202 e. The van der Waals surface area contributed by atoms with Crippen molar-refractivity contribution in [2.75, 3.05) is 29.9 Å². The molecule has 4 N–H and O–H groups in total. The number of nitrogens with one attached hydrogen (secondary N) is 1. The lowest BCUT2D eigenvalue weighted by molar-refractivity contribution is -0.112. The lowest BCUT2D eigenvalue weighted by Crippen LogP contribution is -2.27. The van der Waals surface area contributed by atoms with E-state index >= 15 is 0 Å². The van der Waals surface area contributed by atoms with E-state index in [0.717, 1.165) is 75.3 Å². The van der Waals surface area contributed by atoms with Crippen LogP contribution in [0.15, 0.2) is 58.8 Å². The minimum absolute atomic E-state index is 0.150. The Kier molecular flexibility index (Phi) is 17.4. The van der Waals surface area contributed by atoms with Crippen molar-refractivity contribution in [1.29, 1.82) is 0 Å². The van der Waals surface area contributed by atoms with E-state index in [9.17, 15) is 24.9 Å². The molecule has 0 spiro atoms. The van der Waals surface area contributed by atoms with E-state index in [4.69, 9.17) is 0 Å². The molecular weight excluding hydrogens is 600 g/mol. The van der Waals surface area contributed by atoms with Crippen LogP contribution < -0.4 is 10.2 Å². The largest absolute Gasteiger partial charge is 0.507 e. The number of carbonyl (C=O) groups is 2. The van der Waals surface area contributed by atoms with Crippen LogP contribution in [0.2, 0.25) is 0 Å². The van der Waals surface area contributed by atoms with Crippen LogP contribution in [0, 0.1) is 0 Å². The average molecular weight is 663 g/mol. The zero-order chi connectivity index (χ0) is 34.7. The Labute approximate surface area is 289 Å². The van der Waals surface area contributed by atoms with Crippen molar-refractivity contribution in [1.82, 2.24) is 0 Å². The van der Waals surface area contributed by atoms with Crippen molar-refractivity contribution in [3.05, 3.63) is 64.3 Å². The molecule has 7 heteroatoms. The van der Waals surface area contributed by atoms with Gasteiger partial charge in [-0.1, -0.05) is 124 Å². The third-order valence-corrected chi connectivity index (χ3v) is 9.54. The number of anilines is 2. The molecule has 1 aromatic rings. The summed E-state index contributed by atoms with van der Waals surface area (Å²) in [6.45, 7) is 9.39. The van der Waals surface area contributed by atoms with Gasteiger partial charge in [-0.3, -0.25) is 9.59 Å². The summed E-state index contributed by atoms with van der Waals surface area (Å²) in [7, 11) is 0. The number of aliphatic hydroxyl groups is 3. The van der Waals surface area contributed by atoms with Crippen molar-refractivity contribution < 1.29 is 24.9 Å². The summed E-state index contributed by atoms with van der Waals surface area (Å²) < 4.78 is 0. The van der Waals surface area contributed by atoms with Gasteiger partial charge >= 0.3 is 0 Å². The Morgan fingerprint density at radius 1 is 0.583 bits per heavy atom. The molecule has 0 saturated heterocycles. The molecule has 0 saturated carbocycles. The zero-order valence-corrected chi connectivity index (χ0v) is 30.0. The van der Waals surface area contributed by atoms with Crippen molar-refractivity contribution in [2.45, 2.75) is 143 Å². The molecule has 0 aromatic heterocycles. The van der Waals surface area contributed by atoms with E-state index in [1.807, 2.05) is 6.07 Å². The molecular formula is C41H62N2O5.